The predicted octanol–water partition coefficient (Wildman–Crippen LogP) is 2.64. The number of halogens is 1. The van der Waals surface area contributed by atoms with Gasteiger partial charge in [-0.3, -0.25) is 9.19 Å². The van der Waals surface area contributed by atoms with E-state index in [1.54, 1.807) is 6.20 Å². The van der Waals surface area contributed by atoms with E-state index in [9.17, 15) is 4.21 Å². The Morgan fingerprint density at radius 2 is 1.89 bits per heavy atom. The largest absolute Gasteiger partial charge is 0.325 e. The monoisotopic (exact) mass is 294 g/mol. The quantitative estimate of drug-likeness (QED) is 0.922. The van der Waals surface area contributed by atoms with Gasteiger partial charge < -0.3 is 5.73 Å². The number of pyridine rings is 1. The summed E-state index contributed by atoms with van der Waals surface area (Å²) in [5.41, 5.74) is 8.40. The Kier molecular flexibility index (Phi) is 5.07. The molecule has 2 N–H and O–H groups in total. The van der Waals surface area contributed by atoms with Crippen LogP contribution in [0.25, 0.3) is 0 Å². The molecule has 2 rings (SSSR count). The summed E-state index contributed by atoms with van der Waals surface area (Å²) in [6, 6.07) is 11.2. The van der Waals surface area contributed by atoms with Crippen molar-refractivity contribution in [1.82, 2.24) is 4.98 Å². The van der Waals surface area contributed by atoms with Crippen molar-refractivity contribution in [3.8, 4) is 0 Å². The van der Waals surface area contributed by atoms with Crippen LogP contribution in [0.2, 0.25) is 5.02 Å². The molecule has 0 saturated carbocycles. The normalized spacial score (nSPS) is 12.3. The zero-order chi connectivity index (χ0) is 13.7. The van der Waals surface area contributed by atoms with Gasteiger partial charge in [0.2, 0.25) is 0 Å². The van der Waals surface area contributed by atoms with Crippen molar-refractivity contribution in [3.63, 3.8) is 0 Å². The van der Waals surface area contributed by atoms with E-state index < -0.39 is 10.8 Å². The highest BCUT2D eigenvalue weighted by Gasteiger charge is 2.07. The number of nitrogens with two attached hydrogens (primary N) is 1. The fourth-order valence-electron chi connectivity index (χ4n) is 1.78. The van der Waals surface area contributed by atoms with Crippen LogP contribution < -0.4 is 5.73 Å². The molecule has 1 unspecified atom stereocenters. The number of benzene rings is 1. The van der Waals surface area contributed by atoms with Crippen LogP contribution in [0, 0.1) is 0 Å². The number of aromatic nitrogens is 1. The smallest absolute Gasteiger partial charge is 0.0580 e. The zero-order valence-corrected chi connectivity index (χ0v) is 12.0. The molecule has 0 aliphatic heterocycles. The molecule has 1 heterocycles. The van der Waals surface area contributed by atoms with E-state index in [-0.39, 0.29) is 0 Å². The van der Waals surface area contributed by atoms with Crippen LogP contribution >= 0.6 is 11.6 Å². The molecule has 0 aliphatic rings. The summed E-state index contributed by atoms with van der Waals surface area (Å²) in [4.78, 5) is 4.19. The van der Waals surface area contributed by atoms with E-state index in [0.717, 1.165) is 16.8 Å². The third-order valence-corrected chi connectivity index (χ3v) is 4.28. The van der Waals surface area contributed by atoms with Crippen molar-refractivity contribution in [2.24, 2.45) is 5.73 Å². The lowest BCUT2D eigenvalue weighted by molar-refractivity contribution is 0.681. The number of nitrogens with zero attached hydrogens (tertiary/aromatic N) is 1. The first kappa shape index (κ1) is 14.2. The molecule has 0 spiro atoms. The van der Waals surface area contributed by atoms with E-state index in [1.165, 1.54) is 0 Å². The minimum Gasteiger partial charge on any atom is -0.325 e. The van der Waals surface area contributed by atoms with Crippen molar-refractivity contribution in [1.29, 1.82) is 0 Å². The van der Waals surface area contributed by atoms with E-state index in [4.69, 9.17) is 17.3 Å². The molecule has 5 heteroatoms. The maximum atomic E-state index is 12.1. The minimum atomic E-state index is -0.979. The van der Waals surface area contributed by atoms with Gasteiger partial charge in [0.05, 0.1) is 11.4 Å². The van der Waals surface area contributed by atoms with Gasteiger partial charge in [0.1, 0.15) is 0 Å². The SMILES string of the molecule is NCc1ncccc1CS(=O)Cc1ccc(Cl)cc1. The highest BCUT2D eigenvalue weighted by atomic mass is 35.5. The molecule has 100 valence electrons. The maximum Gasteiger partial charge on any atom is 0.0580 e. The molecule has 0 aliphatic carbocycles. The maximum absolute atomic E-state index is 12.1. The fourth-order valence-corrected chi connectivity index (χ4v) is 3.18. The van der Waals surface area contributed by atoms with E-state index in [0.29, 0.717) is 23.1 Å². The second-order valence-electron chi connectivity index (χ2n) is 4.17. The summed E-state index contributed by atoms with van der Waals surface area (Å²) in [7, 11) is -0.979. The van der Waals surface area contributed by atoms with Crippen LogP contribution in [0.5, 0.6) is 0 Å². The average molecular weight is 295 g/mol. The highest BCUT2D eigenvalue weighted by molar-refractivity contribution is 7.83. The predicted molar refractivity (Wildman–Crippen MR) is 79.1 cm³/mol. The second-order valence-corrected chi connectivity index (χ2v) is 6.06. The number of hydrogen-bond donors (Lipinski definition) is 1. The molecule has 0 saturated heterocycles. The van der Waals surface area contributed by atoms with E-state index >= 15 is 0 Å². The Hall–Kier alpha value is -1.23. The van der Waals surface area contributed by atoms with Crippen LogP contribution in [0.15, 0.2) is 42.6 Å². The summed E-state index contributed by atoms with van der Waals surface area (Å²) in [5.74, 6) is 0.985. The topological polar surface area (TPSA) is 56.0 Å². The molecule has 0 fully saturated rings. The molecular formula is C14H15ClN2OS. The van der Waals surface area contributed by atoms with Crippen molar-refractivity contribution < 1.29 is 4.21 Å². The third-order valence-electron chi connectivity index (χ3n) is 2.74. The lowest BCUT2D eigenvalue weighted by atomic mass is 10.2. The van der Waals surface area contributed by atoms with Gasteiger partial charge >= 0.3 is 0 Å². The van der Waals surface area contributed by atoms with Crippen molar-refractivity contribution >= 4 is 22.4 Å². The molecule has 0 bridgehead atoms. The van der Waals surface area contributed by atoms with Gasteiger partial charge in [0, 0.05) is 34.3 Å². The van der Waals surface area contributed by atoms with Gasteiger partial charge in [-0.1, -0.05) is 29.8 Å². The summed E-state index contributed by atoms with van der Waals surface area (Å²) in [6.45, 7) is 0.369. The highest BCUT2D eigenvalue weighted by Crippen LogP contribution is 2.14. The first-order valence-electron chi connectivity index (χ1n) is 5.91. The Morgan fingerprint density at radius 3 is 2.58 bits per heavy atom. The molecule has 3 nitrogen and oxygen atoms in total. The summed E-state index contributed by atoms with van der Waals surface area (Å²) in [6.07, 6.45) is 1.70. The van der Waals surface area contributed by atoms with Gasteiger partial charge in [-0.2, -0.15) is 0 Å². The first-order chi connectivity index (χ1) is 9.19. The minimum absolute atomic E-state index is 0.369. The van der Waals surface area contributed by atoms with Crippen LogP contribution in [-0.2, 0) is 28.9 Å². The van der Waals surface area contributed by atoms with Crippen LogP contribution in [0.1, 0.15) is 16.8 Å². The number of hydrogen-bond acceptors (Lipinski definition) is 3. The third kappa shape index (κ3) is 4.13. The van der Waals surface area contributed by atoms with E-state index in [1.807, 2.05) is 36.4 Å². The standard InChI is InChI=1S/C14H15ClN2OS/c15-13-5-3-11(4-6-13)9-19(18)10-12-2-1-7-17-14(12)8-16/h1-7H,8-10,16H2. The zero-order valence-electron chi connectivity index (χ0n) is 10.4. The summed E-state index contributed by atoms with van der Waals surface area (Å²) >= 11 is 5.82. The molecule has 1 atom stereocenters. The Bertz CT molecular complexity index is 572. The van der Waals surface area contributed by atoms with Gasteiger partial charge in [-0.25, -0.2) is 0 Å². The Labute approximate surface area is 120 Å². The van der Waals surface area contributed by atoms with E-state index in [2.05, 4.69) is 4.98 Å². The van der Waals surface area contributed by atoms with Gasteiger partial charge in [0.25, 0.3) is 0 Å². The molecule has 2 aromatic rings. The summed E-state index contributed by atoms with van der Waals surface area (Å²) < 4.78 is 12.1. The fraction of sp³-hybridized carbons (Fsp3) is 0.214. The summed E-state index contributed by atoms with van der Waals surface area (Å²) in [5, 5.41) is 0.687. The second kappa shape index (κ2) is 6.80. The first-order valence-corrected chi connectivity index (χ1v) is 7.78. The van der Waals surface area contributed by atoms with Crippen LogP contribution in [-0.4, -0.2) is 9.19 Å². The van der Waals surface area contributed by atoms with Gasteiger partial charge in [-0.05, 0) is 29.3 Å². The van der Waals surface area contributed by atoms with Crippen LogP contribution in [0.4, 0.5) is 0 Å². The van der Waals surface area contributed by atoms with Crippen LogP contribution in [0.3, 0.4) is 0 Å². The number of rotatable bonds is 5. The molecule has 0 radical (unpaired) electrons. The molecular weight excluding hydrogens is 280 g/mol. The Morgan fingerprint density at radius 1 is 1.16 bits per heavy atom. The van der Waals surface area contributed by atoms with Crippen molar-refractivity contribution in [2.45, 2.75) is 18.1 Å². The van der Waals surface area contributed by atoms with Gasteiger partial charge in [-0.15, -0.1) is 0 Å². The lowest BCUT2D eigenvalue weighted by Crippen LogP contribution is -2.07. The van der Waals surface area contributed by atoms with Crippen molar-refractivity contribution in [3.05, 3.63) is 64.4 Å². The van der Waals surface area contributed by atoms with Crippen molar-refractivity contribution in [2.75, 3.05) is 0 Å². The molecule has 19 heavy (non-hydrogen) atoms. The lowest BCUT2D eigenvalue weighted by Gasteiger charge is -2.07. The molecule has 0 amide bonds. The average Bonchev–Trinajstić information content (AvgIpc) is 2.42. The van der Waals surface area contributed by atoms with Gasteiger partial charge in [0.15, 0.2) is 0 Å². The molecule has 1 aromatic heterocycles. The molecule has 1 aromatic carbocycles. The Balaban J connectivity index is 2.03.